The third kappa shape index (κ3) is 6.12. The number of anilines is 1. The van der Waals surface area contributed by atoms with Crippen molar-refractivity contribution in [2.75, 3.05) is 11.9 Å². The Balaban J connectivity index is 1.42. The number of nitrogens with zero attached hydrogens (tertiary/aromatic N) is 2. The molecule has 3 rings (SSSR count). The van der Waals surface area contributed by atoms with E-state index in [1.165, 1.54) is 17.8 Å². The van der Waals surface area contributed by atoms with Gasteiger partial charge in [-0.25, -0.2) is 0 Å². The highest BCUT2D eigenvalue weighted by molar-refractivity contribution is 8.26. The van der Waals surface area contributed by atoms with E-state index in [2.05, 4.69) is 5.32 Å². The zero-order valence-electron chi connectivity index (χ0n) is 16.3. The SMILES string of the molecule is O=C(CCCCCN1C(=O)C(=Cc2cccs2)SC1=S)Nc1cc([N+](=O)[O-])ccc1O. The van der Waals surface area contributed by atoms with Crippen LogP contribution >= 0.6 is 35.3 Å². The number of phenolic OH excluding ortho intramolecular Hbond substituents is 1. The number of carbonyl (C=O) groups excluding carboxylic acids is 2. The molecule has 0 bridgehead atoms. The number of amides is 2. The lowest BCUT2D eigenvalue weighted by molar-refractivity contribution is -0.384. The zero-order valence-corrected chi connectivity index (χ0v) is 18.7. The summed E-state index contributed by atoms with van der Waals surface area (Å²) in [6.45, 7) is 0.486. The van der Waals surface area contributed by atoms with Gasteiger partial charge in [-0.1, -0.05) is 36.5 Å². The van der Waals surface area contributed by atoms with Gasteiger partial charge in [0.1, 0.15) is 10.1 Å². The molecule has 31 heavy (non-hydrogen) atoms. The molecule has 162 valence electrons. The molecule has 1 fully saturated rings. The Labute approximate surface area is 192 Å². The van der Waals surface area contributed by atoms with Crippen molar-refractivity contribution in [3.8, 4) is 5.75 Å². The Kier molecular flexibility index (Phi) is 7.77. The number of carbonyl (C=O) groups is 2. The number of nitro groups is 1. The molecule has 1 aromatic carbocycles. The van der Waals surface area contributed by atoms with E-state index >= 15 is 0 Å². The molecule has 1 aromatic heterocycles. The summed E-state index contributed by atoms with van der Waals surface area (Å²) < 4.78 is 0.534. The molecule has 0 atom stereocenters. The third-order valence-electron chi connectivity index (χ3n) is 4.44. The predicted octanol–water partition coefficient (Wildman–Crippen LogP) is 4.76. The maximum Gasteiger partial charge on any atom is 0.271 e. The minimum Gasteiger partial charge on any atom is -0.506 e. The number of aromatic hydroxyl groups is 1. The first-order chi connectivity index (χ1) is 14.8. The molecule has 0 radical (unpaired) electrons. The number of thioether (sulfide) groups is 1. The highest BCUT2D eigenvalue weighted by Gasteiger charge is 2.31. The van der Waals surface area contributed by atoms with Gasteiger partial charge >= 0.3 is 0 Å². The maximum absolute atomic E-state index is 12.5. The number of thiophene rings is 1. The average Bonchev–Trinajstić information content (AvgIpc) is 3.32. The standard InChI is InChI=1S/C20H19N3O5S3/c24-16-8-7-13(23(27)28)11-15(16)21-18(25)6-2-1-3-9-22-19(26)17(31-20(22)29)12-14-5-4-10-30-14/h4-5,7-8,10-12,24H,1-3,6,9H2,(H,21,25). The topological polar surface area (TPSA) is 113 Å². The van der Waals surface area contributed by atoms with E-state index in [-0.39, 0.29) is 35.4 Å². The fourth-order valence-corrected chi connectivity index (χ4v) is 4.91. The number of nitrogens with one attached hydrogen (secondary N) is 1. The van der Waals surface area contributed by atoms with E-state index < -0.39 is 4.92 Å². The number of benzene rings is 1. The molecule has 2 N–H and O–H groups in total. The van der Waals surface area contributed by atoms with Gasteiger partial charge in [-0.05, 0) is 36.4 Å². The van der Waals surface area contributed by atoms with E-state index in [4.69, 9.17) is 12.2 Å². The van der Waals surface area contributed by atoms with Crippen LogP contribution < -0.4 is 5.32 Å². The minimum absolute atomic E-state index is 0.00861. The van der Waals surface area contributed by atoms with Crippen LogP contribution in [-0.2, 0) is 9.59 Å². The van der Waals surface area contributed by atoms with Crippen molar-refractivity contribution in [1.82, 2.24) is 4.90 Å². The summed E-state index contributed by atoms with van der Waals surface area (Å²) in [5, 5.41) is 25.0. The molecule has 0 saturated carbocycles. The number of hydrogen-bond acceptors (Lipinski definition) is 8. The van der Waals surface area contributed by atoms with Gasteiger partial charge in [-0.15, -0.1) is 11.3 Å². The first-order valence-electron chi connectivity index (χ1n) is 9.41. The van der Waals surface area contributed by atoms with Crippen LogP contribution in [0.2, 0.25) is 0 Å². The molecule has 11 heteroatoms. The van der Waals surface area contributed by atoms with Crippen molar-refractivity contribution in [3.05, 3.63) is 55.6 Å². The van der Waals surface area contributed by atoms with E-state index in [0.717, 1.165) is 17.0 Å². The van der Waals surface area contributed by atoms with Crippen LogP contribution in [-0.4, -0.2) is 37.6 Å². The third-order valence-corrected chi connectivity index (χ3v) is 6.64. The fourth-order valence-electron chi connectivity index (χ4n) is 2.88. The van der Waals surface area contributed by atoms with Gasteiger partial charge in [-0.3, -0.25) is 24.6 Å². The molecule has 2 aromatic rings. The molecule has 0 spiro atoms. The lowest BCUT2D eigenvalue weighted by Crippen LogP contribution is -2.29. The molecule has 0 aliphatic carbocycles. The van der Waals surface area contributed by atoms with Gasteiger partial charge in [0.2, 0.25) is 5.91 Å². The average molecular weight is 478 g/mol. The normalized spacial score (nSPS) is 15.0. The number of hydrogen-bond donors (Lipinski definition) is 2. The van der Waals surface area contributed by atoms with E-state index in [1.54, 1.807) is 16.2 Å². The Morgan fingerprint density at radius 3 is 2.81 bits per heavy atom. The lowest BCUT2D eigenvalue weighted by atomic mass is 10.1. The van der Waals surface area contributed by atoms with Crippen LogP contribution in [0.5, 0.6) is 5.75 Å². The summed E-state index contributed by atoms with van der Waals surface area (Å²) in [6, 6.07) is 7.31. The van der Waals surface area contributed by atoms with Crippen LogP contribution in [0, 0.1) is 10.1 Å². The molecular weight excluding hydrogens is 458 g/mol. The summed E-state index contributed by atoms with van der Waals surface area (Å²) in [4.78, 5) is 38.0. The van der Waals surface area contributed by atoms with E-state index in [1.807, 2.05) is 23.6 Å². The van der Waals surface area contributed by atoms with Gasteiger partial charge in [0.05, 0.1) is 15.5 Å². The second-order valence-electron chi connectivity index (χ2n) is 6.67. The first-order valence-corrected chi connectivity index (χ1v) is 11.5. The van der Waals surface area contributed by atoms with Crippen molar-refractivity contribution in [3.63, 3.8) is 0 Å². The van der Waals surface area contributed by atoms with Gasteiger partial charge < -0.3 is 10.4 Å². The number of non-ortho nitro benzene ring substituents is 1. The van der Waals surface area contributed by atoms with Crippen molar-refractivity contribution in [2.24, 2.45) is 0 Å². The number of phenols is 1. The lowest BCUT2D eigenvalue weighted by Gasteiger charge is -2.14. The minimum atomic E-state index is -0.599. The highest BCUT2D eigenvalue weighted by Crippen LogP contribution is 2.33. The number of unbranched alkanes of at least 4 members (excludes halogenated alkanes) is 2. The van der Waals surface area contributed by atoms with Crippen molar-refractivity contribution in [1.29, 1.82) is 0 Å². The second kappa shape index (κ2) is 10.5. The molecule has 2 heterocycles. The summed E-state index contributed by atoms with van der Waals surface area (Å²) in [6.07, 6.45) is 4.00. The first kappa shape index (κ1) is 22.9. The van der Waals surface area contributed by atoms with Crippen molar-refractivity contribution in [2.45, 2.75) is 25.7 Å². The molecule has 1 saturated heterocycles. The Morgan fingerprint density at radius 2 is 2.10 bits per heavy atom. The van der Waals surface area contributed by atoms with Crippen molar-refractivity contribution < 1.29 is 19.6 Å². The zero-order chi connectivity index (χ0) is 22.4. The summed E-state index contributed by atoms with van der Waals surface area (Å²) >= 11 is 8.17. The Morgan fingerprint density at radius 1 is 1.29 bits per heavy atom. The largest absolute Gasteiger partial charge is 0.506 e. The monoisotopic (exact) mass is 477 g/mol. The van der Waals surface area contributed by atoms with Crippen LogP contribution in [0.15, 0.2) is 40.6 Å². The van der Waals surface area contributed by atoms with Gasteiger partial charge in [0, 0.05) is 30.0 Å². The predicted molar refractivity (Wildman–Crippen MR) is 126 cm³/mol. The van der Waals surface area contributed by atoms with E-state index in [0.29, 0.717) is 35.0 Å². The maximum atomic E-state index is 12.5. The molecule has 1 aliphatic heterocycles. The second-order valence-corrected chi connectivity index (χ2v) is 9.32. The smallest absolute Gasteiger partial charge is 0.271 e. The van der Waals surface area contributed by atoms with Gasteiger partial charge in [0.15, 0.2) is 0 Å². The summed E-state index contributed by atoms with van der Waals surface area (Å²) in [7, 11) is 0. The number of thiocarbonyl (C=S) groups is 1. The number of nitro benzene ring substituents is 1. The molecule has 1 aliphatic rings. The highest BCUT2D eigenvalue weighted by atomic mass is 32.2. The van der Waals surface area contributed by atoms with Crippen LogP contribution in [0.25, 0.3) is 6.08 Å². The number of rotatable bonds is 9. The van der Waals surface area contributed by atoms with E-state index in [9.17, 15) is 24.8 Å². The van der Waals surface area contributed by atoms with Crippen LogP contribution in [0.3, 0.4) is 0 Å². The quantitative estimate of drug-likeness (QED) is 0.134. The van der Waals surface area contributed by atoms with Gasteiger partial charge in [0.25, 0.3) is 11.6 Å². The summed E-state index contributed by atoms with van der Waals surface area (Å²) in [5.74, 6) is -0.675. The van der Waals surface area contributed by atoms with Crippen molar-refractivity contribution >= 4 is 68.9 Å². The van der Waals surface area contributed by atoms with Crippen LogP contribution in [0.1, 0.15) is 30.6 Å². The fraction of sp³-hybridized carbons (Fsp3) is 0.250. The van der Waals surface area contributed by atoms with Gasteiger partial charge in [-0.2, -0.15) is 0 Å². The summed E-state index contributed by atoms with van der Waals surface area (Å²) in [5.41, 5.74) is -0.209. The van der Waals surface area contributed by atoms with Crippen LogP contribution in [0.4, 0.5) is 11.4 Å². The molecule has 2 amide bonds. The Hall–Kier alpha value is -2.76. The molecule has 0 unspecified atom stereocenters. The Bertz CT molecular complexity index is 1040. The molecular formula is C20H19N3O5S3. The molecule has 8 nitrogen and oxygen atoms in total.